The molecule has 2 aromatic rings. The molecule has 0 N–H and O–H groups in total. The van der Waals surface area contributed by atoms with E-state index in [4.69, 9.17) is 12.8 Å². The molecule has 0 atom stereocenters. The number of aryl methyl sites for hydroxylation is 2. The average Bonchev–Trinajstić information content (AvgIpc) is 2.17. The summed E-state index contributed by atoms with van der Waals surface area (Å²) in [5.74, 6) is 4.95. The Bertz CT molecular complexity index is 1890. The average molecular weight is 1240 g/mol. The minimum absolute atomic E-state index is 0. The molecule has 498 valence electrons. The zero-order valence-electron chi connectivity index (χ0n) is 58.8. The monoisotopic (exact) mass is 1240 g/mol. The summed E-state index contributed by atoms with van der Waals surface area (Å²) >= 11 is 0. The van der Waals surface area contributed by atoms with Gasteiger partial charge in [-0.25, -0.2) is 4.70 Å². The Kier molecular flexibility index (Phi) is 63.9. The van der Waals surface area contributed by atoms with E-state index >= 15 is 0 Å². The summed E-state index contributed by atoms with van der Waals surface area (Å²) in [5, 5.41) is 0. The number of rotatable bonds is 58. The summed E-state index contributed by atoms with van der Waals surface area (Å²) in [4.78, 5) is 0. The summed E-state index contributed by atoms with van der Waals surface area (Å²) in [6.07, 6.45) is 91.3. The van der Waals surface area contributed by atoms with Crippen molar-refractivity contribution in [2.75, 3.05) is 0 Å². The van der Waals surface area contributed by atoms with Crippen LogP contribution in [-0.4, -0.2) is 4.70 Å². The van der Waals surface area contributed by atoms with Crippen LogP contribution in [0, 0.1) is 24.7 Å². The van der Waals surface area contributed by atoms with Gasteiger partial charge < -0.3 is 30.2 Å². The number of allylic oxidation sites excluding steroid dienone is 2. The fourth-order valence-electron chi connectivity index (χ4n) is 12.6. The van der Waals surface area contributed by atoms with Gasteiger partial charge in [-0.1, -0.05) is 361 Å². The molecule has 1 heterocycles. The molecule has 0 saturated heterocycles. The predicted molar refractivity (Wildman–Crippen MR) is 385 cm³/mol. The molecule has 0 saturated carbocycles. The van der Waals surface area contributed by atoms with Crippen LogP contribution in [0.5, 0.6) is 0 Å². The fourth-order valence-corrected chi connectivity index (χ4v) is 12.6. The van der Waals surface area contributed by atoms with Crippen molar-refractivity contribution in [3.05, 3.63) is 100 Å². The first-order valence-electron chi connectivity index (χ1n) is 38.4. The van der Waals surface area contributed by atoms with Crippen LogP contribution in [-0.2, 0) is 29.3 Å². The first-order chi connectivity index (χ1) is 42.5. The van der Waals surface area contributed by atoms with Crippen LogP contribution in [0.2, 0.25) is 0 Å². The maximum Gasteiger partial charge on any atom is 2.00 e. The molecule has 2 nitrogen and oxygen atoms in total. The molecule has 0 radical (unpaired) electrons. The Morgan fingerprint density at radius 3 is 0.678 bits per heavy atom. The van der Waals surface area contributed by atoms with Crippen LogP contribution in [0.1, 0.15) is 423 Å². The normalized spacial score (nSPS) is 12.0. The quantitative estimate of drug-likeness (QED) is 0.0207. The molecule has 2 aromatic carbocycles. The van der Waals surface area contributed by atoms with E-state index in [9.17, 15) is 5.53 Å². The Morgan fingerprint density at radius 2 is 0.460 bits per heavy atom. The molecule has 0 bridgehead atoms. The molecule has 0 amide bonds. The molecular formula is C84H142N2Ni. The summed E-state index contributed by atoms with van der Waals surface area (Å²) in [6, 6.07) is 18.1. The molecule has 0 aromatic heterocycles. The summed E-state index contributed by atoms with van der Waals surface area (Å²) in [5.41, 5.74) is 21.8. The van der Waals surface area contributed by atoms with Crippen molar-refractivity contribution in [3.63, 3.8) is 0 Å². The van der Waals surface area contributed by atoms with Crippen LogP contribution in [0.3, 0.4) is 0 Å². The van der Waals surface area contributed by atoms with Crippen LogP contribution in [0.4, 0.5) is 0 Å². The van der Waals surface area contributed by atoms with Crippen molar-refractivity contribution >= 4 is 11.4 Å². The Labute approximate surface area is 555 Å². The second kappa shape index (κ2) is 66.1. The number of benzene rings is 2. The fraction of sp³-hybridized carbons (Fsp3) is 0.762. The third-order valence-corrected chi connectivity index (χ3v) is 18.3. The van der Waals surface area contributed by atoms with Crippen molar-refractivity contribution < 1.29 is 21.2 Å². The maximum atomic E-state index is 11.9. The topological polar surface area (TPSA) is 25.3 Å². The van der Waals surface area contributed by atoms with E-state index in [1.165, 1.54) is 356 Å². The van der Waals surface area contributed by atoms with E-state index < -0.39 is 0 Å². The van der Waals surface area contributed by atoms with E-state index in [1.54, 1.807) is 4.70 Å². The number of nitrogens with zero attached hydrogens (tertiary/aromatic N) is 2. The van der Waals surface area contributed by atoms with E-state index in [0.29, 0.717) is 0 Å². The summed E-state index contributed by atoms with van der Waals surface area (Å²) in [6.45, 7) is 13.7. The van der Waals surface area contributed by atoms with Crippen molar-refractivity contribution in [3.8, 4) is 11.8 Å². The van der Waals surface area contributed by atoms with Gasteiger partial charge in [0.25, 0.3) is 0 Å². The first kappa shape index (κ1) is 84.1. The van der Waals surface area contributed by atoms with Crippen molar-refractivity contribution in [2.45, 2.75) is 414 Å². The van der Waals surface area contributed by atoms with E-state index in [2.05, 4.69) is 102 Å². The smallest absolute Gasteiger partial charge is 0.694 e. The van der Waals surface area contributed by atoms with Crippen LogP contribution >= 0.6 is 0 Å². The SMILES string of the molecule is CCCCCCCCC1=C(c2ccc(CCCC)cc2)[N+](=[N-])C(c2ccc(CCCC)cc2)=C1CCCCCC.[C-]#CCCCCCCCCCCCCCCCCCCCCC.[C-]#CCCCCCCCCCCCCCCCCCCCCC.[Ni+2]. The first-order valence-corrected chi connectivity index (χ1v) is 38.4. The number of hydrogen-bond donors (Lipinski definition) is 0. The zero-order valence-corrected chi connectivity index (χ0v) is 59.8. The van der Waals surface area contributed by atoms with Crippen molar-refractivity contribution in [1.29, 1.82) is 0 Å². The third-order valence-electron chi connectivity index (χ3n) is 18.3. The Balaban J connectivity index is 0.00000136. The molecule has 87 heavy (non-hydrogen) atoms. The molecule has 0 unspecified atom stereocenters. The molecule has 0 aliphatic carbocycles. The second-order valence-electron chi connectivity index (χ2n) is 26.5. The minimum Gasteiger partial charge on any atom is -0.694 e. The molecule has 0 spiro atoms. The van der Waals surface area contributed by atoms with Gasteiger partial charge in [-0.05, 0) is 112 Å². The maximum absolute atomic E-state index is 11.9. The van der Waals surface area contributed by atoms with Gasteiger partial charge in [0.1, 0.15) is 0 Å². The second-order valence-corrected chi connectivity index (χ2v) is 26.5. The van der Waals surface area contributed by atoms with Gasteiger partial charge in [0.05, 0.1) is 0 Å². The molecule has 1 aliphatic heterocycles. The zero-order chi connectivity index (χ0) is 62.3. The van der Waals surface area contributed by atoms with Crippen LogP contribution < -0.4 is 0 Å². The molecule has 0 fully saturated rings. The minimum atomic E-state index is 0. The number of unbranched alkanes of at least 4 members (excludes halogenated alkanes) is 48. The molecular weight excluding hydrogens is 1100 g/mol. The van der Waals surface area contributed by atoms with Gasteiger partial charge >= 0.3 is 16.5 Å². The standard InChI is InChI=1S/C38H56N2.2C23H43.Ni/c1-5-9-13-15-16-18-22-36-35(21-17-14-10-6-2)37(33-27-23-31(24-28-33)19-11-7-3)40(39)38(36)34-29-25-32(26-30-34)20-12-8-4;2*1-3-5-7-9-11-13-15-17-19-21-23-22-20-18-16-14-12-10-8-6-4-2;/h23-30H,5-22H2,1-4H3;2*3,5-23H2,1H3;/q;2*-1;+2. The van der Waals surface area contributed by atoms with Gasteiger partial charge in [-0.2, -0.15) is 0 Å². The van der Waals surface area contributed by atoms with Gasteiger partial charge in [-0.15, -0.1) is 0 Å². The largest absolute Gasteiger partial charge is 2.00 e. The van der Waals surface area contributed by atoms with Crippen molar-refractivity contribution in [2.24, 2.45) is 0 Å². The van der Waals surface area contributed by atoms with Crippen molar-refractivity contribution in [1.82, 2.24) is 0 Å². The van der Waals surface area contributed by atoms with E-state index in [-0.39, 0.29) is 16.5 Å². The Morgan fingerprint density at radius 1 is 0.264 bits per heavy atom. The Hall–Kier alpha value is -2.87. The van der Waals surface area contributed by atoms with Gasteiger partial charge in [-0.3, -0.25) is 0 Å². The van der Waals surface area contributed by atoms with E-state index in [0.717, 1.165) is 61.0 Å². The van der Waals surface area contributed by atoms with Crippen LogP contribution in [0.15, 0.2) is 59.7 Å². The van der Waals surface area contributed by atoms with Gasteiger partial charge in [0, 0.05) is 22.3 Å². The molecule has 1 aliphatic rings. The van der Waals surface area contributed by atoms with Gasteiger partial charge in [0.2, 0.25) is 11.4 Å². The molecule has 3 heteroatoms. The molecule has 3 rings (SSSR count). The van der Waals surface area contributed by atoms with Gasteiger partial charge in [0.15, 0.2) is 0 Å². The third kappa shape index (κ3) is 47.7. The number of hydrogen-bond acceptors (Lipinski definition) is 0. The van der Waals surface area contributed by atoms with E-state index in [1.807, 2.05) is 0 Å². The summed E-state index contributed by atoms with van der Waals surface area (Å²) in [7, 11) is 0. The summed E-state index contributed by atoms with van der Waals surface area (Å²) < 4.78 is 1.56. The van der Waals surface area contributed by atoms with Crippen LogP contribution in [0.25, 0.3) is 16.9 Å². The predicted octanol–water partition coefficient (Wildman–Crippen LogP) is 29.1.